The van der Waals surface area contributed by atoms with Crippen molar-refractivity contribution in [1.82, 2.24) is 19.4 Å². The summed E-state index contributed by atoms with van der Waals surface area (Å²) >= 11 is 0. The molecule has 37 heavy (non-hydrogen) atoms. The van der Waals surface area contributed by atoms with Crippen molar-refractivity contribution in [3.8, 4) is 17.0 Å². The van der Waals surface area contributed by atoms with E-state index >= 15 is 0 Å². The van der Waals surface area contributed by atoms with Gasteiger partial charge in [0.15, 0.2) is 5.78 Å². The van der Waals surface area contributed by atoms with Crippen molar-refractivity contribution in [3.63, 3.8) is 0 Å². The predicted molar refractivity (Wildman–Crippen MR) is 147 cm³/mol. The standard InChI is InChI=1S/C28H30N6O3/c1-18(35)21-14-26(37-5)24(15-23(21)32-28(36)7-6-11-33(2)3)31-27-16-22(29-17-30-27)19-8-9-25-20(13-19)10-12-34(25)4/h6-10,12-17H,11H2,1-5H3,(H,32,36)(H,29,30,31)/b7-6+. The fourth-order valence-electron chi connectivity index (χ4n) is 3.95. The zero-order chi connectivity index (χ0) is 26.5. The summed E-state index contributed by atoms with van der Waals surface area (Å²) in [7, 11) is 7.36. The highest BCUT2D eigenvalue weighted by atomic mass is 16.5. The molecule has 0 aliphatic rings. The normalized spacial score (nSPS) is 11.3. The van der Waals surface area contributed by atoms with Gasteiger partial charge in [0, 0.05) is 54.0 Å². The van der Waals surface area contributed by atoms with E-state index in [1.165, 1.54) is 26.4 Å². The van der Waals surface area contributed by atoms with E-state index < -0.39 is 0 Å². The third-order valence-electron chi connectivity index (χ3n) is 5.83. The van der Waals surface area contributed by atoms with Crippen LogP contribution >= 0.6 is 0 Å². The number of methoxy groups -OCH3 is 1. The fourth-order valence-corrected chi connectivity index (χ4v) is 3.95. The number of hydrogen-bond donors (Lipinski definition) is 2. The first kappa shape index (κ1) is 25.6. The number of Topliss-reactive ketones (excluding diaryl/α,β-unsaturated/α-hetero) is 1. The van der Waals surface area contributed by atoms with Gasteiger partial charge in [-0.25, -0.2) is 9.97 Å². The molecule has 0 saturated heterocycles. The molecular formula is C28H30N6O3. The van der Waals surface area contributed by atoms with E-state index in [0.717, 1.165) is 22.2 Å². The van der Waals surface area contributed by atoms with Gasteiger partial charge in [0.05, 0.1) is 24.2 Å². The minimum Gasteiger partial charge on any atom is -0.495 e. The quantitative estimate of drug-likeness (QED) is 0.256. The summed E-state index contributed by atoms with van der Waals surface area (Å²) in [6.07, 6.45) is 6.70. The molecule has 4 aromatic rings. The molecule has 190 valence electrons. The number of likely N-dealkylation sites (N-methyl/N-ethyl adjacent to an activating group) is 1. The number of nitrogens with zero attached hydrogens (tertiary/aromatic N) is 4. The predicted octanol–water partition coefficient (Wildman–Crippen LogP) is 4.65. The van der Waals surface area contributed by atoms with E-state index in [1.807, 2.05) is 44.4 Å². The Bertz CT molecular complexity index is 1490. The zero-order valence-electron chi connectivity index (χ0n) is 21.6. The summed E-state index contributed by atoms with van der Waals surface area (Å²) in [5, 5.41) is 7.17. The maximum Gasteiger partial charge on any atom is 0.248 e. The molecule has 1 amide bonds. The van der Waals surface area contributed by atoms with Crippen molar-refractivity contribution in [3.05, 3.63) is 72.7 Å². The molecule has 0 bridgehead atoms. The van der Waals surface area contributed by atoms with Crippen molar-refractivity contribution in [2.45, 2.75) is 6.92 Å². The number of aryl methyl sites for hydroxylation is 1. The van der Waals surface area contributed by atoms with Crippen LogP contribution in [0.4, 0.5) is 17.2 Å². The van der Waals surface area contributed by atoms with Crippen molar-refractivity contribution in [2.24, 2.45) is 7.05 Å². The van der Waals surface area contributed by atoms with Crippen LogP contribution in [0.15, 0.2) is 67.1 Å². The average molecular weight is 499 g/mol. The first-order valence-corrected chi connectivity index (χ1v) is 11.7. The van der Waals surface area contributed by atoms with Crippen LogP contribution in [0.2, 0.25) is 0 Å². The number of rotatable bonds is 9. The highest BCUT2D eigenvalue weighted by Gasteiger charge is 2.16. The monoisotopic (exact) mass is 498 g/mol. The van der Waals surface area contributed by atoms with Crippen molar-refractivity contribution >= 4 is 39.8 Å². The van der Waals surface area contributed by atoms with Gasteiger partial charge in [0.2, 0.25) is 5.91 Å². The molecule has 9 nitrogen and oxygen atoms in total. The largest absolute Gasteiger partial charge is 0.495 e. The Hall–Kier alpha value is -4.50. The van der Waals surface area contributed by atoms with Gasteiger partial charge in [-0.05, 0) is 51.4 Å². The number of benzene rings is 2. The summed E-state index contributed by atoms with van der Waals surface area (Å²) in [5.41, 5.74) is 4.11. The maximum absolute atomic E-state index is 12.5. The number of hydrogen-bond acceptors (Lipinski definition) is 7. The number of carbonyl (C=O) groups is 2. The first-order valence-electron chi connectivity index (χ1n) is 11.7. The Labute approximate surface area is 215 Å². The number of anilines is 3. The van der Waals surface area contributed by atoms with E-state index in [2.05, 4.69) is 43.4 Å². The van der Waals surface area contributed by atoms with Crippen LogP contribution in [-0.4, -0.2) is 58.9 Å². The molecule has 2 aromatic heterocycles. The van der Waals surface area contributed by atoms with Crippen molar-refractivity contribution < 1.29 is 14.3 Å². The number of aromatic nitrogens is 3. The molecule has 2 N–H and O–H groups in total. The van der Waals surface area contributed by atoms with E-state index in [1.54, 1.807) is 18.2 Å². The Morgan fingerprint density at radius 1 is 1.08 bits per heavy atom. The molecular weight excluding hydrogens is 468 g/mol. The Kier molecular flexibility index (Phi) is 7.64. The number of ketones is 1. The van der Waals surface area contributed by atoms with E-state index in [-0.39, 0.29) is 11.7 Å². The topological polar surface area (TPSA) is 101 Å². The Morgan fingerprint density at radius 3 is 2.62 bits per heavy atom. The minimum absolute atomic E-state index is 0.196. The second kappa shape index (κ2) is 11.0. The third-order valence-corrected chi connectivity index (χ3v) is 5.83. The van der Waals surface area contributed by atoms with Crippen LogP contribution in [0.3, 0.4) is 0 Å². The number of ether oxygens (including phenoxy) is 1. The summed E-state index contributed by atoms with van der Waals surface area (Å²) < 4.78 is 7.60. The minimum atomic E-state index is -0.332. The Morgan fingerprint density at radius 2 is 1.89 bits per heavy atom. The average Bonchev–Trinajstić information content (AvgIpc) is 3.24. The molecule has 0 atom stereocenters. The van der Waals surface area contributed by atoms with Gasteiger partial charge >= 0.3 is 0 Å². The SMILES string of the molecule is COc1cc(C(C)=O)c(NC(=O)/C=C/CN(C)C)cc1Nc1cc(-c2ccc3c(ccn3C)c2)ncn1. The van der Waals surface area contributed by atoms with Gasteiger partial charge in [0.25, 0.3) is 0 Å². The smallest absolute Gasteiger partial charge is 0.248 e. The van der Waals surface area contributed by atoms with Crippen LogP contribution < -0.4 is 15.4 Å². The van der Waals surface area contributed by atoms with Crippen molar-refractivity contribution in [1.29, 1.82) is 0 Å². The lowest BCUT2D eigenvalue weighted by Crippen LogP contribution is -2.14. The molecule has 4 rings (SSSR count). The molecule has 0 aliphatic carbocycles. The van der Waals surface area contributed by atoms with Gasteiger partial charge in [-0.2, -0.15) is 0 Å². The lowest BCUT2D eigenvalue weighted by molar-refractivity contribution is -0.111. The lowest BCUT2D eigenvalue weighted by atomic mass is 10.1. The highest BCUT2D eigenvalue weighted by Crippen LogP contribution is 2.34. The van der Waals surface area contributed by atoms with Crippen LogP contribution in [0.1, 0.15) is 17.3 Å². The molecule has 0 aliphatic heterocycles. The highest BCUT2D eigenvalue weighted by molar-refractivity contribution is 6.07. The van der Waals surface area contributed by atoms with Gasteiger partial charge in [-0.15, -0.1) is 0 Å². The molecule has 0 saturated carbocycles. The summed E-state index contributed by atoms with van der Waals surface area (Å²) in [5.74, 6) is 0.451. The fraction of sp³-hybridized carbons (Fsp3) is 0.214. The molecule has 0 spiro atoms. The van der Waals surface area contributed by atoms with Crippen LogP contribution in [-0.2, 0) is 11.8 Å². The molecule has 2 aromatic carbocycles. The van der Waals surface area contributed by atoms with E-state index in [0.29, 0.717) is 35.1 Å². The number of amides is 1. The summed E-state index contributed by atoms with van der Waals surface area (Å²) in [6, 6.07) is 13.3. The Balaban J connectivity index is 1.64. The molecule has 0 fully saturated rings. The van der Waals surface area contributed by atoms with Crippen LogP contribution in [0.25, 0.3) is 22.2 Å². The number of nitrogens with one attached hydrogen (secondary N) is 2. The number of fused-ring (bicyclic) bond motifs is 1. The van der Waals surface area contributed by atoms with Gasteiger partial charge in [0.1, 0.15) is 17.9 Å². The van der Waals surface area contributed by atoms with Gasteiger partial charge < -0.3 is 24.8 Å². The summed E-state index contributed by atoms with van der Waals surface area (Å²) in [6.45, 7) is 2.06. The van der Waals surface area contributed by atoms with Gasteiger partial charge in [-0.3, -0.25) is 9.59 Å². The van der Waals surface area contributed by atoms with Crippen LogP contribution in [0.5, 0.6) is 5.75 Å². The second-order valence-electron chi connectivity index (χ2n) is 8.92. The zero-order valence-corrected chi connectivity index (χ0v) is 21.6. The van der Waals surface area contributed by atoms with Crippen LogP contribution in [0, 0.1) is 0 Å². The molecule has 0 radical (unpaired) electrons. The van der Waals surface area contributed by atoms with Crippen molar-refractivity contribution in [2.75, 3.05) is 38.4 Å². The number of carbonyl (C=O) groups excluding carboxylic acids is 2. The van der Waals surface area contributed by atoms with E-state index in [9.17, 15) is 9.59 Å². The van der Waals surface area contributed by atoms with Gasteiger partial charge in [-0.1, -0.05) is 12.1 Å². The third kappa shape index (κ3) is 6.02. The molecule has 2 heterocycles. The summed E-state index contributed by atoms with van der Waals surface area (Å²) in [4.78, 5) is 35.5. The first-order chi connectivity index (χ1) is 17.7. The lowest BCUT2D eigenvalue weighted by Gasteiger charge is -2.16. The molecule has 9 heteroatoms. The second-order valence-corrected chi connectivity index (χ2v) is 8.92. The maximum atomic E-state index is 12.5. The van der Waals surface area contributed by atoms with E-state index in [4.69, 9.17) is 4.74 Å². The molecule has 0 unspecified atom stereocenters.